The fraction of sp³-hybridized carbons (Fsp3) is 0.174. The summed E-state index contributed by atoms with van der Waals surface area (Å²) in [5, 5.41) is 1.01. The van der Waals surface area contributed by atoms with Gasteiger partial charge in [0.2, 0.25) is 0 Å². The van der Waals surface area contributed by atoms with Crippen LogP contribution in [0.2, 0.25) is 5.02 Å². The average Bonchev–Trinajstić information content (AvgIpc) is 3.12. The quantitative estimate of drug-likeness (QED) is 0.299. The number of fused-ring (bicyclic) bond motifs is 1. The zero-order valence-electron chi connectivity index (χ0n) is 16.7. The van der Waals surface area contributed by atoms with Gasteiger partial charge in [0.15, 0.2) is 0 Å². The molecule has 0 spiro atoms. The van der Waals surface area contributed by atoms with Gasteiger partial charge >= 0.3 is 5.97 Å². The standard InChI is InChI=1S/C23H19ClN2O4S/c1-15-19-21(25-14-26(22(19)27)13-16-7-5-6-10-18(16)24)31-20(15)23(28)30-12-11-29-17-8-3-2-4-9-17/h2-10,14H,11-13H2,1H3. The first kappa shape index (κ1) is 21.1. The third kappa shape index (κ3) is 4.62. The van der Waals surface area contributed by atoms with E-state index < -0.39 is 5.97 Å². The minimum absolute atomic E-state index is 0.103. The Hall–Kier alpha value is -3.16. The largest absolute Gasteiger partial charge is 0.490 e. The van der Waals surface area contributed by atoms with Gasteiger partial charge in [0.05, 0.1) is 18.3 Å². The molecule has 6 nitrogen and oxygen atoms in total. The van der Waals surface area contributed by atoms with Gasteiger partial charge in [0.1, 0.15) is 28.7 Å². The molecule has 0 radical (unpaired) electrons. The van der Waals surface area contributed by atoms with Crippen molar-refractivity contribution in [3.63, 3.8) is 0 Å². The number of aryl methyl sites for hydroxylation is 1. The number of aromatic nitrogens is 2. The SMILES string of the molecule is Cc1c(C(=O)OCCOc2ccccc2)sc2ncn(Cc3ccccc3Cl)c(=O)c12. The number of hydrogen-bond acceptors (Lipinski definition) is 6. The molecule has 0 saturated carbocycles. The Morgan fingerprint density at radius 1 is 1.10 bits per heavy atom. The molecule has 2 aromatic heterocycles. The number of rotatable bonds is 7. The molecule has 0 unspecified atom stereocenters. The first-order chi connectivity index (χ1) is 15.0. The number of thiophene rings is 1. The van der Waals surface area contributed by atoms with E-state index in [0.29, 0.717) is 38.0 Å². The molecular formula is C23H19ClN2O4S. The second kappa shape index (κ2) is 9.32. The van der Waals surface area contributed by atoms with Crippen LogP contribution in [0.15, 0.2) is 65.7 Å². The molecule has 158 valence electrons. The van der Waals surface area contributed by atoms with Crippen molar-refractivity contribution in [2.75, 3.05) is 13.2 Å². The number of para-hydroxylation sites is 1. The lowest BCUT2D eigenvalue weighted by Crippen LogP contribution is -2.21. The fourth-order valence-electron chi connectivity index (χ4n) is 3.15. The maximum Gasteiger partial charge on any atom is 0.348 e. The molecule has 31 heavy (non-hydrogen) atoms. The summed E-state index contributed by atoms with van der Waals surface area (Å²) in [7, 11) is 0. The van der Waals surface area contributed by atoms with Crippen molar-refractivity contribution < 1.29 is 14.3 Å². The number of carbonyl (C=O) groups excluding carboxylic acids is 1. The van der Waals surface area contributed by atoms with Gasteiger partial charge in [0, 0.05) is 5.02 Å². The van der Waals surface area contributed by atoms with Gasteiger partial charge in [-0.2, -0.15) is 0 Å². The lowest BCUT2D eigenvalue weighted by atomic mass is 10.2. The summed E-state index contributed by atoms with van der Waals surface area (Å²) in [6.07, 6.45) is 1.48. The second-order valence-electron chi connectivity index (χ2n) is 6.80. The fourth-order valence-corrected chi connectivity index (χ4v) is 4.38. The highest BCUT2D eigenvalue weighted by atomic mass is 35.5. The summed E-state index contributed by atoms with van der Waals surface area (Å²) in [5.74, 6) is 0.217. The van der Waals surface area contributed by atoms with Crippen molar-refractivity contribution in [2.45, 2.75) is 13.5 Å². The van der Waals surface area contributed by atoms with Gasteiger partial charge < -0.3 is 9.47 Å². The van der Waals surface area contributed by atoms with Crippen molar-refractivity contribution in [3.05, 3.63) is 92.3 Å². The van der Waals surface area contributed by atoms with Gasteiger partial charge in [-0.05, 0) is 36.2 Å². The number of carbonyl (C=O) groups is 1. The Morgan fingerprint density at radius 2 is 1.84 bits per heavy atom. The van der Waals surface area contributed by atoms with Crippen molar-refractivity contribution in [1.82, 2.24) is 9.55 Å². The average molecular weight is 455 g/mol. The Balaban J connectivity index is 1.49. The molecule has 0 aliphatic heterocycles. The maximum absolute atomic E-state index is 13.0. The molecule has 2 heterocycles. The van der Waals surface area contributed by atoms with E-state index in [0.717, 1.165) is 16.9 Å². The predicted octanol–water partition coefficient (Wildman–Crippen LogP) is 4.70. The summed E-state index contributed by atoms with van der Waals surface area (Å²) in [4.78, 5) is 30.8. The van der Waals surface area contributed by atoms with E-state index >= 15 is 0 Å². The van der Waals surface area contributed by atoms with Gasteiger partial charge in [-0.15, -0.1) is 11.3 Å². The van der Waals surface area contributed by atoms with Crippen molar-refractivity contribution in [1.29, 1.82) is 0 Å². The predicted molar refractivity (Wildman–Crippen MR) is 121 cm³/mol. The van der Waals surface area contributed by atoms with Gasteiger partial charge in [-0.25, -0.2) is 9.78 Å². The van der Waals surface area contributed by atoms with Crippen LogP contribution < -0.4 is 10.3 Å². The van der Waals surface area contributed by atoms with Crippen LogP contribution in [0.5, 0.6) is 5.75 Å². The molecule has 4 rings (SSSR count). The summed E-state index contributed by atoms with van der Waals surface area (Å²) in [5.41, 5.74) is 1.17. The van der Waals surface area contributed by atoms with E-state index in [1.54, 1.807) is 13.0 Å². The Bertz CT molecular complexity index is 1280. The van der Waals surface area contributed by atoms with Crippen molar-refractivity contribution in [3.8, 4) is 5.75 Å². The second-order valence-corrected chi connectivity index (χ2v) is 8.21. The zero-order valence-corrected chi connectivity index (χ0v) is 18.3. The van der Waals surface area contributed by atoms with Gasteiger partial charge in [-0.1, -0.05) is 48.0 Å². The summed E-state index contributed by atoms with van der Waals surface area (Å²) in [6, 6.07) is 16.6. The first-order valence-electron chi connectivity index (χ1n) is 9.61. The minimum Gasteiger partial charge on any atom is -0.490 e. The van der Waals surface area contributed by atoms with E-state index in [1.807, 2.05) is 48.5 Å². The molecule has 8 heteroatoms. The lowest BCUT2D eigenvalue weighted by Gasteiger charge is -2.07. The molecule has 2 aromatic carbocycles. The number of hydrogen-bond donors (Lipinski definition) is 0. The molecule has 4 aromatic rings. The van der Waals surface area contributed by atoms with Crippen LogP contribution in [0.4, 0.5) is 0 Å². The molecule has 0 atom stereocenters. The van der Waals surface area contributed by atoms with Crippen LogP contribution in [0.3, 0.4) is 0 Å². The first-order valence-corrected chi connectivity index (χ1v) is 10.8. The number of ether oxygens (including phenoxy) is 2. The molecule has 0 N–H and O–H groups in total. The van der Waals surface area contributed by atoms with Crippen LogP contribution in [0.1, 0.15) is 20.8 Å². The van der Waals surface area contributed by atoms with Gasteiger partial charge in [0.25, 0.3) is 5.56 Å². The third-order valence-electron chi connectivity index (χ3n) is 4.73. The number of halogens is 1. The maximum atomic E-state index is 13.0. The van der Waals surface area contributed by atoms with E-state index in [1.165, 1.54) is 10.9 Å². The Morgan fingerprint density at radius 3 is 2.61 bits per heavy atom. The lowest BCUT2D eigenvalue weighted by molar-refractivity contribution is 0.0455. The van der Waals surface area contributed by atoms with Gasteiger partial charge in [-0.3, -0.25) is 9.36 Å². The van der Waals surface area contributed by atoms with Crippen LogP contribution >= 0.6 is 22.9 Å². The molecule has 0 aliphatic carbocycles. The van der Waals surface area contributed by atoms with Crippen molar-refractivity contribution >= 4 is 39.1 Å². The summed E-state index contributed by atoms with van der Waals surface area (Å²) < 4.78 is 12.4. The highest BCUT2D eigenvalue weighted by molar-refractivity contribution is 7.20. The van der Waals surface area contributed by atoms with E-state index in [2.05, 4.69) is 4.98 Å². The molecular weight excluding hydrogens is 436 g/mol. The molecule has 0 bridgehead atoms. The van der Waals surface area contributed by atoms with E-state index in [4.69, 9.17) is 21.1 Å². The molecule has 0 fully saturated rings. The topological polar surface area (TPSA) is 70.4 Å². The Labute approximate surface area is 187 Å². The number of esters is 1. The highest BCUT2D eigenvalue weighted by Gasteiger charge is 2.20. The zero-order chi connectivity index (χ0) is 21.8. The van der Waals surface area contributed by atoms with E-state index in [9.17, 15) is 9.59 Å². The smallest absolute Gasteiger partial charge is 0.348 e. The summed E-state index contributed by atoms with van der Waals surface area (Å²) >= 11 is 7.37. The van der Waals surface area contributed by atoms with Crippen LogP contribution in [0, 0.1) is 6.92 Å². The van der Waals surface area contributed by atoms with E-state index in [-0.39, 0.29) is 18.8 Å². The monoisotopic (exact) mass is 454 g/mol. The van der Waals surface area contributed by atoms with Crippen LogP contribution in [0.25, 0.3) is 10.2 Å². The van der Waals surface area contributed by atoms with Crippen LogP contribution in [-0.4, -0.2) is 28.7 Å². The minimum atomic E-state index is -0.491. The highest BCUT2D eigenvalue weighted by Crippen LogP contribution is 2.27. The molecule has 0 saturated heterocycles. The normalized spacial score (nSPS) is 10.9. The van der Waals surface area contributed by atoms with Crippen LogP contribution in [-0.2, 0) is 11.3 Å². The molecule has 0 aliphatic rings. The molecule has 0 amide bonds. The summed E-state index contributed by atoms with van der Waals surface area (Å²) in [6.45, 7) is 2.38. The Kier molecular flexibility index (Phi) is 6.34. The third-order valence-corrected chi connectivity index (χ3v) is 6.28. The number of nitrogens with zero attached hydrogens (tertiary/aromatic N) is 2. The number of benzene rings is 2. The van der Waals surface area contributed by atoms with Crippen molar-refractivity contribution in [2.24, 2.45) is 0 Å².